The van der Waals surface area contributed by atoms with E-state index in [0.29, 0.717) is 0 Å². The van der Waals surface area contributed by atoms with Crippen molar-refractivity contribution in [2.24, 2.45) is 0 Å². The van der Waals surface area contributed by atoms with Crippen LogP contribution in [-0.4, -0.2) is 9.71 Å². The molecule has 1 atom stereocenters. The van der Waals surface area contributed by atoms with Crippen LogP contribution in [0.4, 0.5) is 13.2 Å². The molecule has 0 saturated carbocycles. The standard InChI is InChI=1S/C4Cl3F3S/c5-1-2(6)4(9,10)11-3(1,7)8. The van der Waals surface area contributed by atoms with Gasteiger partial charge >= 0.3 is 5.25 Å². The maximum Gasteiger partial charge on any atom is 0.335 e. The Morgan fingerprint density at radius 2 is 1.55 bits per heavy atom. The number of alkyl halides is 4. The van der Waals surface area contributed by atoms with Crippen LogP contribution in [0.25, 0.3) is 0 Å². The molecule has 0 nitrogen and oxygen atoms in total. The van der Waals surface area contributed by atoms with E-state index in [9.17, 15) is 13.2 Å². The van der Waals surface area contributed by atoms with Crippen LogP contribution in [0.5, 0.6) is 0 Å². The zero-order valence-electron chi connectivity index (χ0n) is 4.68. The number of hydrogen-bond acceptors (Lipinski definition) is 1. The van der Waals surface area contributed by atoms with E-state index in [4.69, 9.17) is 34.8 Å². The summed E-state index contributed by atoms with van der Waals surface area (Å²) in [6, 6.07) is 0. The van der Waals surface area contributed by atoms with Crippen molar-refractivity contribution >= 4 is 46.6 Å². The molecule has 0 fully saturated rings. The second kappa shape index (κ2) is 2.62. The average Bonchev–Trinajstić information content (AvgIpc) is 1.91. The molecule has 1 heterocycles. The average molecular weight is 243 g/mol. The Hall–Kier alpha value is 0.750. The molecular formula is C4Cl3F3S. The van der Waals surface area contributed by atoms with Gasteiger partial charge in [0, 0.05) is 0 Å². The molecule has 0 aromatic heterocycles. The van der Waals surface area contributed by atoms with E-state index in [1.807, 2.05) is 0 Å². The number of halogens is 6. The molecule has 0 radical (unpaired) electrons. The summed E-state index contributed by atoms with van der Waals surface area (Å²) in [5.41, 5.74) is 0. The van der Waals surface area contributed by atoms with E-state index >= 15 is 0 Å². The lowest BCUT2D eigenvalue weighted by Crippen LogP contribution is -2.09. The maximum absolute atomic E-state index is 12.7. The summed E-state index contributed by atoms with van der Waals surface area (Å²) in [7, 11) is 0. The highest BCUT2D eigenvalue weighted by molar-refractivity contribution is 8.03. The zero-order valence-corrected chi connectivity index (χ0v) is 7.76. The van der Waals surface area contributed by atoms with Crippen molar-refractivity contribution in [2.45, 2.75) is 9.71 Å². The third-order valence-electron chi connectivity index (χ3n) is 0.960. The van der Waals surface area contributed by atoms with Crippen LogP contribution in [0.15, 0.2) is 10.1 Å². The minimum atomic E-state index is -3.52. The summed E-state index contributed by atoms with van der Waals surface area (Å²) < 4.78 is 34.8. The van der Waals surface area contributed by atoms with Crippen LogP contribution in [0.2, 0.25) is 0 Å². The minimum Gasteiger partial charge on any atom is -0.207 e. The van der Waals surface area contributed by atoms with Gasteiger partial charge < -0.3 is 0 Å². The molecule has 64 valence electrons. The fourth-order valence-electron chi connectivity index (χ4n) is 0.506. The number of hydrogen-bond donors (Lipinski definition) is 0. The SMILES string of the molecule is FC1(F)SC(F)(Cl)C(Cl)=C1Cl. The minimum absolute atomic E-state index is 0.431. The summed E-state index contributed by atoms with van der Waals surface area (Å²) in [5, 5.41) is -5.41. The monoisotopic (exact) mass is 242 g/mol. The Balaban J connectivity index is 3.09. The summed E-state index contributed by atoms with van der Waals surface area (Å²) in [5.74, 6) is 0. The molecule has 7 heteroatoms. The Morgan fingerprint density at radius 3 is 1.64 bits per heavy atom. The first-order valence-corrected chi connectivity index (χ1v) is 4.24. The third kappa shape index (κ3) is 1.59. The molecule has 1 unspecified atom stereocenters. The van der Waals surface area contributed by atoms with Crippen LogP contribution in [0, 0.1) is 0 Å². The summed E-state index contributed by atoms with van der Waals surface area (Å²) in [4.78, 5) is 0. The molecule has 0 N–H and O–H groups in total. The predicted octanol–water partition coefficient (Wildman–Crippen LogP) is 3.88. The fourth-order valence-corrected chi connectivity index (χ4v) is 2.24. The highest BCUT2D eigenvalue weighted by Crippen LogP contribution is 2.60. The summed E-state index contributed by atoms with van der Waals surface area (Å²) >= 11 is 14.6. The predicted molar refractivity (Wildman–Crippen MR) is 41.0 cm³/mol. The molecule has 1 aliphatic rings. The Bertz CT molecular complexity index is 203. The maximum atomic E-state index is 12.7. The fraction of sp³-hybridized carbons (Fsp3) is 0.500. The first-order chi connectivity index (χ1) is 4.77. The van der Waals surface area contributed by atoms with E-state index in [-0.39, 0.29) is 0 Å². The van der Waals surface area contributed by atoms with Crippen molar-refractivity contribution in [3.8, 4) is 0 Å². The van der Waals surface area contributed by atoms with E-state index in [2.05, 4.69) is 0 Å². The molecule has 0 aliphatic carbocycles. The van der Waals surface area contributed by atoms with Crippen molar-refractivity contribution in [3.05, 3.63) is 10.1 Å². The van der Waals surface area contributed by atoms with Crippen molar-refractivity contribution in [1.29, 1.82) is 0 Å². The second-order valence-corrected chi connectivity index (χ2v) is 4.54. The van der Waals surface area contributed by atoms with Gasteiger partial charge in [-0.05, 0) is 11.8 Å². The van der Waals surface area contributed by atoms with Gasteiger partial charge in [0.25, 0.3) is 4.46 Å². The zero-order chi connectivity index (χ0) is 8.86. The van der Waals surface area contributed by atoms with Gasteiger partial charge in [0.05, 0.1) is 0 Å². The molecule has 0 aromatic rings. The van der Waals surface area contributed by atoms with Gasteiger partial charge in [0.2, 0.25) is 0 Å². The van der Waals surface area contributed by atoms with Crippen molar-refractivity contribution in [1.82, 2.24) is 0 Å². The Kier molecular flexibility index (Phi) is 2.34. The van der Waals surface area contributed by atoms with Crippen molar-refractivity contribution in [2.75, 3.05) is 0 Å². The van der Waals surface area contributed by atoms with Crippen molar-refractivity contribution < 1.29 is 13.2 Å². The van der Waals surface area contributed by atoms with Crippen LogP contribution in [0.1, 0.15) is 0 Å². The van der Waals surface area contributed by atoms with Gasteiger partial charge in [-0.3, -0.25) is 0 Å². The molecule has 0 bridgehead atoms. The number of thioether (sulfide) groups is 1. The van der Waals surface area contributed by atoms with Gasteiger partial charge in [-0.2, -0.15) is 8.78 Å². The highest BCUT2D eigenvalue weighted by Gasteiger charge is 2.56. The van der Waals surface area contributed by atoms with Crippen LogP contribution >= 0.6 is 46.6 Å². The van der Waals surface area contributed by atoms with Crippen LogP contribution < -0.4 is 0 Å². The van der Waals surface area contributed by atoms with E-state index < -0.39 is 31.5 Å². The molecule has 0 spiro atoms. The largest absolute Gasteiger partial charge is 0.335 e. The van der Waals surface area contributed by atoms with Crippen LogP contribution in [-0.2, 0) is 0 Å². The highest BCUT2D eigenvalue weighted by atomic mass is 35.5. The quantitative estimate of drug-likeness (QED) is 0.582. The van der Waals surface area contributed by atoms with E-state index in [1.165, 1.54) is 0 Å². The topological polar surface area (TPSA) is 0 Å². The van der Waals surface area contributed by atoms with Crippen molar-refractivity contribution in [3.63, 3.8) is 0 Å². The smallest absolute Gasteiger partial charge is 0.207 e. The number of rotatable bonds is 0. The van der Waals surface area contributed by atoms with E-state index in [0.717, 1.165) is 0 Å². The lowest BCUT2D eigenvalue weighted by Gasteiger charge is -2.10. The third-order valence-corrected chi connectivity index (χ3v) is 3.59. The lowest BCUT2D eigenvalue weighted by atomic mass is 10.5. The van der Waals surface area contributed by atoms with E-state index in [1.54, 1.807) is 0 Å². The lowest BCUT2D eigenvalue weighted by molar-refractivity contribution is 0.159. The first-order valence-electron chi connectivity index (χ1n) is 2.29. The summed E-state index contributed by atoms with van der Waals surface area (Å²) in [6.07, 6.45) is 0. The summed E-state index contributed by atoms with van der Waals surface area (Å²) in [6.45, 7) is 0. The molecule has 11 heavy (non-hydrogen) atoms. The van der Waals surface area contributed by atoms with Gasteiger partial charge in [-0.1, -0.05) is 34.8 Å². The van der Waals surface area contributed by atoms with Gasteiger partial charge in [-0.25, -0.2) is 4.39 Å². The van der Waals surface area contributed by atoms with Gasteiger partial charge in [0.1, 0.15) is 10.1 Å². The molecule has 1 rings (SSSR count). The molecular weight excluding hydrogens is 243 g/mol. The first kappa shape index (κ1) is 9.84. The van der Waals surface area contributed by atoms with Gasteiger partial charge in [0.15, 0.2) is 0 Å². The normalized spacial score (nSPS) is 36.5. The molecule has 0 saturated heterocycles. The molecule has 1 aliphatic heterocycles. The van der Waals surface area contributed by atoms with Gasteiger partial charge in [-0.15, -0.1) is 0 Å². The molecule has 0 aromatic carbocycles. The second-order valence-electron chi connectivity index (χ2n) is 1.76. The Labute approximate surface area is 79.7 Å². The molecule has 0 amide bonds. The van der Waals surface area contributed by atoms with Crippen LogP contribution in [0.3, 0.4) is 0 Å². The Morgan fingerprint density at radius 1 is 1.09 bits per heavy atom.